The molecule has 0 bridgehead atoms. The number of H-pyrrole nitrogens is 1. The van der Waals surface area contributed by atoms with Gasteiger partial charge in [0.05, 0.1) is 19.0 Å². The Kier molecular flexibility index (Phi) is 10.8. The molecule has 0 radical (unpaired) electrons. The fourth-order valence-corrected chi connectivity index (χ4v) is 3.58. The van der Waals surface area contributed by atoms with Gasteiger partial charge >= 0.3 is 11.9 Å². The number of carbonyl (C=O) groups excluding carboxylic acids is 3. The molecule has 0 saturated carbocycles. The number of aromatic amines is 1. The smallest absolute Gasteiger partial charge is 0.326 e. The van der Waals surface area contributed by atoms with Gasteiger partial charge in [-0.05, 0) is 43.9 Å². The summed E-state index contributed by atoms with van der Waals surface area (Å²) in [7, 11) is 0. The van der Waals surface area contributed by atoms with Crippen molar-refractivity contribution in [3.05, 3.63) is 36.0 Å². The van der Waals surface area contributed by atoms with E-state index in [9.17, 15) is 29.1 Å². The van der Waals surface area contributed by atoms with Crippen molar-refractivity contribution >= 4 is 40.6 Å². The van der Waals surface area contributed by atoms with Crippen LogP contribution in [0.5, 0.6) is 0 Å². The summed E-state index contributed by atoms with van der Waals surface area (Å²) in [4.78, 5) is 62.9. The van der Waals surface area contributed by atoms with Crippen LogP contribution in [0.25, 0.3) is 10.9 Å². The van der Waals surface area contributed by atoms with Gasteiger partial charge in [-0.3, -0.25) is 19.2 Å². The predicted octanol–water partition coefficient (Wildman–Crippen LogP) is -1.19. The first kappa shape index (κ1) is 28.3. The van der Waals surface area contributed by atoms with Crippen LogP contribution in [0.3, 0.4) is 0 Å². The van der Waals surface area contributed by atoms with E-state index in [1.807, 2.05) is 24.3 Å². The Morgan fingerprint density at radius 1 is 0.972 bits per heavy atom. The molecule has 1 aromatic heterocycles. The van der Waals surface area contributed by atoms with Gasteiger partial charge in [-0.2, -0.15) is 0 Å². The zero-order chi connectivity index (χ0) is 26.7. The molecule has 0 aliphatic rings. The molecule has 3 amide bonds. The molecule has 0 aliphatic carbocycles. The summed E-state index contributed by atoms with van der Waals surface area (Å²) in [5.41, 5.74) is 13.0. The molecule has 2 aromatic rings. The lowest BCUT2D eigenvalue weighted by molar-refractivity contribution is -0.142. The maximum Gasteiger partial charge on any atom is 0.326 e. The summed E-state index contributed by atoms with van der Waals surface area (Å²) in [5.74, 6) is -5.02. The van der Waals surface area contributed by atoms with Crippen molar-refractivity contribution in [1.29, 1.82) is 0 Å². The summed E-state index contributed by atoms with van der Waals surface area (Å²) in [5, 5.41) is 26.1. The molecule has 13 heteroatoms. The minimum Gasteiger partial charge on any atom is -0.481 e. The summed E-state index contributed by atoms with van der Waals surface area (Å²) in [6.07, 6.45) is 2.37. The topological polar surface area (TPSA) is 230 Å². The maximum absolute atomic E-state index is 12.6. The number of fused-ring (bicyclic) bond motifs is 1. The third-order valence-corrected chi connectivity index (χ3v) is 5.47. The van der Waals surface area contributed by atoms with Crippen molar-refractivity contribution in [2.24, 2.45) is 11.5 Å². The molecule has 3 unspecified atom stereocenters. The standard InChI is InChI=1S/C23H32N6O7/c24-8-4-3-7-17(23(35)36)28-19(30)12-27-22(34)18(10-20(31)32)29-21(33)15(25)9-13-11-26-16-6-2-1-5-14(13)16/h1-2,5-6,11,15,17-18,26H,3-4,7-10,12,24-25H2,(H,27,34)(H,28,30)(H,29,33)(H,31,32)(H,35,36). The average Bonchev–Trinajstić information content (AvgIpc) is 3.23. The molecule has 36 heavy (non-hydrogen) atoms. The van der Waals surface area contributed by atoms with Crippen LogP contribution in [0.2, 0.25) is 0 Å². The number of hydrogen-bond donors (Lipinski definition) is 8. The van der Waals surface area contributed by atoms with Crippen molar-refractivity contribution in [3.63, 3.8) is 0 Å². The number of para-hydroxylation sites is 1. The van der Waals surface area contributed by atoms with E-state index in [-0.39, 0.29) is 12.8 Å². The molecular formula is C23H32N6O7. The SMILES string of the molecule is NCCCCC(NC(=O)CNC(=O)C(CC(=O)O)NC(=O)C(N)Cc1c[nH]c2ccccc12)C(=O)O. The predicted molar refractivity (Wildman–Crippen MR) is 130 cm³/mol. The van der Waals surface area contributed by atoms with E-state index in [1.54, 1.807) is 6.20 Å². The number of benzene rings is 1. The van der Waals surface area contributed by atoms with Gasteiger partial charge < -0.3 is 42.6 Å². The minimum atomic E-state index is -1.49. The highest BCUT2D eigenvalue weighted by Crippen LogP contribution is 2.18. The van der Waals surface area contributed by atoms with Gasteiger partial charge in [0.1, 0.15) is 12.1 Å². The Morgan fingerprint density at radius 3 is 2.36 bits per heavy atom. The third kappa shape index (κ3) is 8.67. The van der Waals surface area contributed by atoms with Crippen LogP contribution in [-0.4, -0.2) is 76.1 Å². The summed E-state index contributed by atoms with van der Waals surface area (Å²) in [6, 6.07) is 3.72. The molecule has 0 fully saturated rings. The second-order valence-corrected chi connectivity index (χ2v) is 8.29. The summed E-state index contributed by atoms with van der Waals surface area (Å²) < 4.78 is 0. The van der Waals surface area contributed by atoms with Crippen molar-refractivity contribution < 1.29 is 34.2 Å². The van der Waals surface area contributed by atoms with Gasteiger partial charge in [0, 0.05) is 17.1 Å². The van der Waals surface area contributed by atoms with Crippen molar-refractivity contribution in [1.82, 2.24) is 20.9 Å². The van der Waals surface area contributed by atoms with Crippen LogP contribution in [0.4, 0.5) is 0 Å². The Bertz CT molecular complexity index is 1090. The molecule has 1 aromatic carbocycles. The van der Waals surface area contributed by atoms with E-state index < -0.39 is 60.8 Å². The van der Waals surface area contributed by atoms with Gasteiger partial charge in [-0.15, -0.1) is 0 Å². The van der Waals surface area contributed by atoms with E-state index in [0.29, 0.717) is 19.4 Å². The lowest BCUT2D eigenvalue weighted by Crippen LogP contribution is -2.54. The Morgan fingerprint density at radius 2 is 1.69 bits per heavy atom. The molecule has 3 atom stereocenters. The van der Waals surface area contributed by atoms with Crippen molar-refractivity contribution in [2.75, 3.05) is 13.1 Å². The van der Waals surface area contributed by atoms with Crippen LogP contribution in [-0.2, 0) is 30.4 Å². The third-order valence-electron chi connectivity index (χ3n) is 5.47. The Hall–Kier alpha value is -3.97. The molecular weight excluding hydrogens is 472 g/mol. The molecule has 196 valence electrons. The molecule has 10 N–H and O–H groups in total. The minimum absolute atomic E-state index is 0.139. The normalized spacial score (nSPS) is 13.4. The molecule has 0 saturated heterocycles. The monoisotopic (exact) mass is 504 g/mol. The number of hydrogen-bond acceptors (Lipinski definition) is 7. The number of aromatic nitrogens is 1. The molecule has 13 nitrogen and oxygen atoms in total. The van der Waals surface area contributed by atoms with Gasteiger partial charge in [0.25, 0.3) is 0 Å². The van der Waals surface area contributed by atoms with Gasteiger partial charge in [-0.25, -0.2) is 4.79 Å². The van der Waals surface area contributed by atoms with E-state index in [0.717, 1.165) is 16.5 Å². The zero-order valence-electron chi connectivity index (χ0n) is 19.7. The highest BCUT2D eigenvalue weighted by Gasteiger charge is 2.27. The zero-order valence-corrected chi connectivity index (χ0v) is 19.7. The fraction of sp³-hybridized carbons (Fsp3) is 0.435. The first-order valence-corrected chi connectivity index (χ1v) is 11.4. The number of nitrogens with one attached hydrogen (secondary N) is 4. The second kappa shape index (κ2) is 13.8. The summed E-state index contributed by atoms with van der Waals surface area (Å²) in [6.45, 7) is -0.217. The van der Waals surface area contributed by atoms with Crippen molar-refractivity contribution in [2.45, 2.75) is 50.2 Å². The van der Waals surface area contributed by atoms with Crippen LogP contribution in [0.15, 0.2) is 30.5 Å². The van der Waals surface area contributed by atoms with E-state index in [4.69, 9.17) is 16.6 Å². The number of amides is 3. The number of aliphatic carboxylic acids is 2. The number of carboxylic acid groups (broad SMARTS) is 2. The molecule has 1 heterocycles. The van der Waals surface area contributed by atoms with Crippen LogP contribution in [0.1, 0.15) is 31.2 Å². The van der Waals surface area contributed by atoms with Crippen LogP contribution < -0.4 is 27.4 Å². The van der Waals surface area contributed by atoms with Crippen LogP contribution in [0, 0.1) is 0 Å². The largest absolute Gasteiger partial charge is 0.481 e. The quantitative estimate of drug-likeness (QED) is 0.136. The van der Waals surface area contributed by atoms with Gasteiger partial charge in [0.2, 0.25) is 17.7 Å². The van der Waals surface area contributed by atoms with Gasteiger partial charge in [-0.1, -0.05) is 18.2 Å². The van der Waals surface area contributed by atoms with E-state index in [2.05, 4.69) is 20.9 Å². The lowest BCUT2D eigenvalue weighted by atomic mass is 10.0. The number of unbranched alkanes of at least 4 members (excludes halogenated alkanes) is 1. The first-order chi connectivity index (χ1) is 17.1. The molecule has 2 rings (SSSR count). The number of rotatable bonds is 15. The highest BCUT2D eigenvalue weighted by atomic mass is 16.4. The van der Waals surface area contributed by atoms with E-state index in [1.165, 1.54) is 0 Å². The molecule has 0 spiro atoms. The van der Waals surface area contributed by atoms with Crippen LogP contribution >= 0.6 is 0 Å². The number of nitrogens with two attached hydrogens (primary N) is 2. The number of carboxylic acids is 2. The average molecular weight is 505 g/mol. The molecule has 0 aliphatic heterocycles. The second-order valence-electron chi connectivity index (χ2n) is 8.29. The maximum atomic E-state index is 12.6. The van der Waals surface area contributed by atoms with Crippen molar-refractivity contribution in [3.8, 4) is 0 Å². The number of carbonyl (C=O) groups is 5. The highest BCUT2D eigenvalue weighted by molar-refractivity contribution is 5.94. The Balaban J connectivity index is 1.93. The Labute approximate surface area is 207 Å². The van der Waals surface area contributed by atoms with Gasteiger partial charge in [0.15, 0.2) is 0 Å². The van der Waals surface area contributed by atoms with E-state index >= 15 is 0 Å². The fourth-order valence-electron chi connectivity index (χ4n) is 3.58. The summed E-state index contributed by atoms with van der Waals surface area (Å²) >= 11 is 0. The lowest BCUT2D eigenvalue weighted by Gasteiger charge is -2.20. The first-order valence-electron chi connectivity index (χ1n) is 11.4.